The van der Waals surface area contributed by atoms with Crippen LogP contribution in [0, 0.1) is 0 Å². The van der Waals surface area contributed by atoms with Crippen LogP contribution in [0.25, 0.3) is 0 Å². The molecule has 1 saturated heterocycles. The van der Waals surface area contributed by atoms with Gasteiger partial charge in [0, 0.05) is 33.7 Å². The van der Waals surface area contributed by atoms with Crippen LogP contribution in [0.1, 0.15) is 23.5 Å². The molecule has 2 aromatic rings. The smallest absolute Gasteiger partial charge is 0.338 e. The lowest BCUT2D eigenvalue weighted by Crippen LogP contribution is -2.47. The molecule has 1 aromatic carbocycles. The summed E-state index contributed by atoms with van der Waals surface area (Å²) in [5.74, 6) is -0.668. The van der Waals surface area contributed by atoms with Crippen LogP contribution >= 0.6 is 34.5 Å². The summed E-state index contributed by atoms with van der Waals surface area (Å²) in [6.07, 6.45) is 1.65. The number of rotatable bonds is 7. The van der Waals surface area contributed by atoms with Crippen molar-refractivity contribution >= 4 is 52.3 Å². The summed E-state index contributed by atoms with van der Waals surface area (Å²) in [5, 5.41) is 9.36. The Labute approximate surface area is 210 Å². The average Bonchev–Trinajstić information content (AvgIpc) is 3.38. The second kappa shape index (κ2) is 11.3. The minimum absolute atomic E-state index is 0.156. The molecule has 0 radical (unpaired) electrons. The summed E-state index contributed by atoms with van der Waals surface area (Å²) >= 11 is 13.9. The van der Waals surface area contributed by atoms with Crippen LogP contribution in [0.3, 0.4) is 0 Å². The van der Waals surface area contributed by atoms with E-state index in [9.17, 15) is 9.59 Å². The van der Waals surface area contributed by atoms with Gasteiger partial charge >= 0.3 is 11.9 Å². The topological polar surface area (TPSA) is 111 Å². The number of morpholine rings is 1. The number of carbonyl (C=O) groups excluding carboxylic acids is 2. The minimum atomic E-state index is -0.825. The number of hydrogen-bond acceptors (Lipinski definition) is 10. The lowest BCUT2D eigenvalue weighted by molar-refractivity contribution is -0.148. The fourth-order valence-corrected chi connectivity index (χ4v) is 4.62. The Morgan fingerprint density at radius 3 is 2.82 bits per heavy atom. The number of thiazole rings is 1. The fourth-order valence-electron chi connectivity index (χ4n) is 3.52. The Hall–Kier alpha value is -2.50. The molecule has 0 spiro atoms. The van der Waals surface area contributed by atoms with E-state index in [0.717, 1.165) is 0 Å². The highest BCUT2D eigenvalue weighted by molar-refractivity contribution is 7.11. The first-order valence-corrected chi connectivity index (χ1v) is 12.2. The van der Waals surface area contributed by atoms with Crippen LogP contribution in [-0.4, -0.2) is 61.8 Å². The van der Waals surface area contributed by atoms with Crippen molar-refractivity contribution in [3.8, 4) is 0 Å². The highest BCUT2D eigenvalue weighted by Crippen LogP contribution is 2.37. The van der Waals surface area contributed by atoms with Crippen LogP contribution in [0.4, 0.5) is 0 Å². The number of halogens is 2. The summed E-state index contributed by atoms with van der Waals surface area (Å²) in [5.41, 5.74) is 1.07. The van der Waals surface area contributed by atoms with E-state index in [0.29, 0.717) is 45.3 Å². The minimum Gasteiger partial charge on any atom is -0.463 e. The van der Waals surface area contributed by atoms with Crippen molar-refractivity contribution in [1.82, 2.24) is 15.6 Å². The highest BCUT2D eigenvalue weighted by atomic mass is 35.5. The van der Waals surface area contributed by atoms with Gasteiger partial charge in [0.1, 0.15) is 18.7 Å². The van der Waals surface area contributed by atoms with Gasteiger partial charge in [0.2, 0.25) is 0 Å². The molecule has 9 nitrogen and oxygen atoms in total. The van der Waals surface area contributed by atoms with Crippen molar-refractivity contribution in [2.45, 2.75) is 19.0 Å². The Balaban J connectivity index is 1.72. The van der Waals surface area contributed by atoms with E-state index in [1.54, 1.807) is 31.3 Å². The van der Waals surface area contributed by atoms with Gasteiger partial charge in [0.25, 0.3) is 0 Å². The number of esters is 2. The van der Waals surface area contributed by atoms with Crippen LogP contribution in [-0.2, 0) is 23.8 Å². The molecule has 1 aromatic heterocycles. The van der Waals surface area contributed by atoms with Gasteiger partial charge in [-0.25, -0.2) is 9.78 Å². The van der Waals surface area contributed by atoms with Gasteiger partial charge in [-0.2, -0.15) is 0 Å². The molecule has 2 atom stereocenters. The molecule has 4 rings (SSSR count). The zero-order chi connectivity index (χ0) is 24.1. The van der Waals surface area contributed by atoms with Gasteiger partial charge in [0.05, 0.1) is 31.1 Å². The standard InChI is InChI=1S/C22H22Cl2N4O5S/c1-2-32-22(30)17-15(11-33-21(29)16-10-31-7-5-25-16)27-19(20-26-6-8-34-20)28-18(17)13-4-3-12(23)9-14(13)24/h3-4,6,8-9,16,18,25H,2,5,7,10-11H2,1H3,(H,27,28). The van der Waals surface area contributed by atoms with E-state index in [2.05, 4.69) is 15.6 Å². The zero-order valence-electron chi connectivity index (χ0n) is 18.2. The molecule has 2 N–H and O–H groups in total. The van der Waals surface area contributed by atoms with Gasteiger partial charge in [-0.15, -0.1) is 11.3 Å². The number of aliphatic imine (C=N–C) groups is 1. The summed E-state index contributed by atoms with van der Waals surface area (Å²) in [7, 11) is 0. The molecule has 3 heterocycles. The molecule has 0 saturated carbocycles. The molecule has 0 bridgehead atoms. The Kier molecular flexibility index (Phi) is 8.17. The Morgan fingerprint density at radius 2 is 2.15 bits per heavy atom. The molecule has 2 unspecified atom stereocenters. The number of amidine groups is 1. The molecule has 0 amide bonds. The van der Waals surface area contributed by atoms with E-state index >= 15 is 0 Å². The van der Waals surface area contributed by atoms with Crippen molar-refractivity contribution in [3.63, 3.8) is 0 Å². The number of ether oxygens (including phenoxy) is 3. The predicted molar refractivity (Wildman–Crippen MR) is 128 cm³/mol. The van der Waals surface area contributed by atoms with Crippen molar-refractivity contribution in [2.24, 2.45) is 4.99 Å². The first kappa shape index (κ1) is 24.6. The zero-order valence-corrected chi connectivity index (χ0v) is 20.5. The number of hydrogen-bond donors (Lipinski definition) is 2. The van der Waals surface area contributed by atoms with Crippen molar-refractivity contribution in [1.29, 1.82) is 0 Å². The molecule has 1 fully saturated rings. The Bertz CT molecular complexity index is 1120. The van der Waals surface area contributed by atoms with Gasteiger partial charge in [0.15, 0.2) is 10.8 Å². The third-order valence-electron chi connectivity index (χ3n) is 5.08. The van der Waals surface area contributed by atoms with Gasteiger partial charge in [-0.3, -0.25) is 9.79 Å². The van der Waals surface area contributed by atoms with Crippen LogP contribution in [0.15, 0.2) is 46.0 Å². The average molecular weight is 525 g/mol. The summed E-state index contributed by atoms with van der Waals surface area (Å²) in [6, 6.07) is 3.54. The molecule has 2 aliphatic rings. The second-order valence-electron chi connectivity index (χ2n) is 7.31. The third kappa shape index (κ3) is 5.59. The van der Waals surface area contributed by atoms with E-state index in [4.69, 9.17) is 42.4 Å². The number of nitrogens with one attached hydrogen (secondary N) is 2. The van der Waals surface area contributed by atoms with E-state index in [-0.39, 0.29) is 25.4 Å². The molecular formula is C22H22Cl2N4O5S. The number of aromatic nitrogens is 1. The quantitative estimate of drug-likeness (QED) is 0.531. The summed E-state index contributed by atoms with van der Waals surface area (Å²) in [4.78, 5) is 34.7. The first-order chi connectivity index (χ1) is 16.5. The molecule has 180 valence electrons. The molecule has 0 aliphatic carbocycles. The van der Waals surface area contributed by atoms with Crippen LogP contribution in [0.5, 0.6) is 0 Å². The third-order valence-corrected chi connectivity index (χ3v) is 6.42. The lowest BCUT2D eigenvalue weighted by atomic mass is 9.95. The summed E-state index contributed by atoms with van der Waals surface area (Å²) < 4.78 is 16.2. The Morgan fingerprint density at radius 1 is 1.29 bits per heavy atom. The van der Waals surface area contributed by atoms with Gasteiger partial charge < -0.3 is 24.8 Å². The maximum absolute atomic E-state index is 13.1. The molecule has 12 heteroatoms. The number of benzene rings is 1. The van der Waals surface area contributed by atoms with Crippen molar-refractivity contribution < 1.29 is 23.8 Å². The summed E-state index contributed by atoms with van der Waals surface area (Å²) in [6.45, 7) is 2.94. The van der Waals surface area contributed by atoms with Crippen molar-refractivity contribution in [3.05, 3.63) is 61.7 Å². The van der Waals surface area contributed by atoms with E-state index in [1.165, 1.54) is 11.3 Å². The second-order valence-corrected chi connectivity index (χ2v) is 9.05. The predicted octanol–water partition coefficient (Wildman–Crippen LogP) is 2.89. The van der Waals surface area contributed by atoms with E-state index < -0.39 is 24.0 Å². The highest BCUT2D eigenvalue weighted by Gasteiger charge is 2.35. The van der Waals surface area contributed by atoms with E-state index in [1.807, 2.05) is 5.38 Å². The molecular weight excluding hydrogens is 503 g/mol. The number of nitrogens with zero attached hydrogens (tertiary/aromatic N) is 2. The molecule has 34 heavy (non-hydrogen) atoms. The maximum atomic E-state index is 13.1. The normalized spacial score (nSPS) is 20.4. The largest absolute Gasteiger partial charge is 0.463 e. The first-order valence-electron chi connectivity index (χ1n) is 10.6. The lowest BCUT2D eigenvalue weighted by Gasteiger charge is -2.28. The van der Waals surface area contributed by atoms with Gasteiger partial charge in [-0.05, 0) is 19.1 Å². The fraction of sp³-hybridized carbons (Fsp3) is 0.364. The number of carbonyl (C=O) groups is 2. The maximum Gasteiger partial charge on any atom is 0.338 e. The van der Waals surface area contributed by atoms with Crippen molar-refractivity contribution in [2.75, 3.05) is 33.0 Å². The molecule has 2 aliphatic heterocycles. The van der Waals surface area contributed by atoms with Crippen LogP contribution < -0.4 is 10.6 Å². The SMILES string of the molecule is CCOC(=O)C1=C(COC(=O)C2COCCN2)NC(c2nccs2)=NC1c1ccc(Cl)cc1Cl. The van der Waals surface area contributed by atoms with Crippen LogP contribution in [0.2, 0.25) is 10.0 Å². The monoisotopic (exact) mass is 524 g/mol. The van der Waals surface area contributed by atoms with Gasteiger partial charge in [-0.1, -0.05) is 29.3 Å².